The highest BCUT2D eigenvalue weighted by Gasteiger charge is 2.23. The van der Waals surface area contributed by atoms with E-state index in [-0.39, 0.29) is 5.76 Å². The van der Waals surface area contributed by atoms with Crippen molar-refractivity contribution in [3.8, 4) is 0 Å². The van der Waals surface area contributed by atoms with Gasteiger partial charge in [0.25, 0.3) is 5.78 Å². The summed E-state index contributed by atoms with van der Waals surface area (Å²) in [6.45, 7) is 0. The second-order valence-electron chi connectivity index (χ2n) is 7.72. The van der Waals surface area contributed by atoms with Gasteiger partial charge in [-0.1, -0.05) is 50.7 Å². The first-order valence-corrected chi connectivity index (χ1v) is 9.88. The second kappa shape index (κ2) is 8.52. The maximum atomic E-state index is 11.6. The van der Waals surface area contributed by atoms with Gasteiger partial charge in [-0.3, -0.25) is 4.79 Å². The molecule has 0 aromatic heterocycles. The minimum Gasteiger partial charge on any atom is -0.507 e. The lowest BCUT2D eigenvalue weighted by molar-refractivity contribution is -0.146. The van der Waals surface area contributed by atoms with E-state index >= 15 is 0 Å². The Morgan fingerprint density at radius 3 is 2.00 bits per heavy atom. The molecule has 2 fully saturated rings. The van der Waals surface area contributed by atoms with Gasteiger partial charge in [0.2, 0.25) is 0 Å². The van der Waals surface area contributed by atoms with Crippen molar-refractivity contribution < 1.29 is 19.8 Å². The number of aliphatic carboxylic acids is 1. The summed E-state index contributed by atoms with van der Waals surface area (Å²) in [5, 5.41) is 19.4. The Bertz CT molecular complexity index is 692. The van der Waals surface area contributed by atoms with E-state index in [1.807, 2.05) is 6.07 Å². The molecule has 0 saturated heterocycles. The molecule has 0 aliphatic heterocycles. The predicted molar refractivity (Wildman–Crippen MR) is 101 cm³/mol. The van der Waals surface area contributed by atoms with Crippen molar-refractivity contribution in [2.45, 2.75) is 76.0 Å². The molecule has 140 valence electrons. The van der Waals surface area contributed by atoms with Crippen LogP contribution in [-0.2, 0) is 9.59 Å². The van der Waals surface area contributed by atoms with E-state index in [0.29, 0.717) is 17.4 Å². The number of carbonyl (C=O) groups is 2. The Kier molecular flexibility index (Phi) is 6.12. The third-order valence-corrected chi connectivity index (χ3v) is 5.95. The van der Waals surface area contributed by atoms with Crippen molar-refractivity contribution in [2.75, 3.05) is 0 Å². The van der Waals surface area contributed by atoms with Crippen LogP contribution in [0.15, 0.2) is 24.3 Å². The topological polar surface area (TPSA) is 74.6 Å². The molecule has 26 heavy (non-hydrogen) atoms. The molecule has 2 N–H and O–H groups in total. The third kappa shape index (κ3) is 4.35. The Hall–Kier alpha value is -2.10. The van der Waals surface area contributed by atoms with E-state index in [2.05, 4.69) is 12.1 Å². The van der Waals surface area contributed by atoms with Crippen LogP contribution in [0.3, 0.4) is 0 Å². The number of aliphatic hydroxyl groups is 1. The Morgan fingerprint density at radius 1 is 0.846 bits per heavy atom. The monoisotopic (exact) mass is 356 g/mol. The van der Waals surface area contributed by atoms with E-state index < -0.39 is 11.8 Å². The van der Waals surface area contributed by atoms with Crippen molar-refractivity contribution in [3.05, 3.63) is 41.0 Å². The number of aliphatic hydroxyl groups excluding tert-OH is 1. The zero-order valence-corrected chi connectivity index (χ0v) is 15.2. The quantitative estimate of drug-likeness (QED) is 0.424. The molecule has 2 saturated carbocycles. The van der Waals surface area contributed by atoms with Crippen LogP contribution >= 0.6 is 0 Å². The smallest absolute Gasteiger partial charge is 0.376 e. The molecule has 3 rings (SSSR count). The molecule has 0 unspecified atom stereocenters. The number of carboxylic acid groups (broad SMARTS) is 1. The lowest BCUT2D eigenvalue weighted by Crippen LogP contribution is -2.12. The average molecular weight is 356 g/mol. The summed E-state index contributed by atoms with van der Waals surface area (Å²) in [5.41, 5.74) is 2.90. The molecular weight excluding hydrogens is 328 g/mol. The van der Waals surface area contributed by atoms with Gasteiger partial charge < -0.3 is 10.2 Å². The van der Waals surface area contributed by atoms with Gasteiger partial charge in [0.1, 0.15) is 5.76 Å². The van der Waals surface area contributed by atoms with Crippen LogP contribution in [0, 0.1) is 0 Å². The molecule has 4 nitrogen and oxygen atoms in total. The molecule has 2 aliphatic rings. The summed E-state index contributed by atoms with van der Waals surface area (Å²) in [6.07, 6.45) is 12.6. The molecule has 2 aliphatic carbocycles. The first kappa shape index (κ1) is 18.7. The van der Waals surface area contributed by atoms with E-state index in [0.717, 1.165) is 37.3 Å². The van der Waals surface area contributed by atoms with Gasteiger partial charge in [-0.25, -0.2) is 4.79 Å². The molecule has 1 aromatic rings. The van der Waals surface area contributed by atoms with Crippen LogP contribution in [0.5, 0.6) is 0 Å². The van der Waals surface area contributed by atoms with Crippen LogP contribution in [-0.4, -0.2) is 22.0 Å². The summed E-state index contributed by atoms with van der Waals surface area (Å²) < 4.78 is 0. The average Bonchev–Trinajstić information content (AvgIpc) is 2.68. The zero-order chi connectivity index (χ0) is 18.5. The van der Waals surface area contributed by atoms with Crippen molar-refractivity contribution in [3.63, 3.8) is 0 Å². The summed E-state index contributed by atoms with van der Waals surface area (Å²) >= 11 is 0. The number of hydrogen-bond donors (Lipinski definition) is 2. The minimum atomic E-state index is -1.54. The Balaban J connectivity index is 1.97. The maximum Gasteiger partial charge on any atom is 0.376 e. The fourth-order valence-electron chi connectivity index (χ4n) is 4.52. The Labute approximate surface area is 154 Å². The van der Waals surface area contributed by atoms with Crippen molar-refractivity contribution in [1.29, 1.82) is 0 Å². The first-order chi connectivity index (χ1) is 12.6. The van der Waals surface area contributed by atoms with Crippen LogP contribution < -0.4 is 0 Å². The van der Waals surface area contributed by atoms with E-state index in [1.165, 1.54) is 44.1 Å². The fraction of sp³-hybridized carbons (Fsp3) is 0.545. The number of hydrogen-bond acceptors (Lipinski definition) is 3. The highest BCUT2D eigenvalue weighted by atomic mass is 16.4. The summed E-state index contributed by atoms with van der Waals surface area (Å²) in [5.74, 6) is -1.98. The minimum absolute atomic E-state index is 0.212. The largest absolute Gasteiger partial charge is 0.507 e. The molecule has 0 spiro atoms. The number of carboxylic acids is 1. The molecule has 0 atom stereocenters. The summed E-state index contributed by atoms with van der Waals surface area (Å²) in [4.78, 5) is 22.4. The maximum absolute atomic E-state index is 11.6. The molecular formula is C22H28O4. The van der Waals surface area contributed by atoms with Gasteiger partial charge in [-0.05, 0) is 54.7 Å². The van der Waals surface area contributed by atoms with E-state index in [9.17, 15) is 14.7 Å². The molecule has 0 amide bonds. The highest BCUT2D eigenvalue weighted by molar-refractivity contribution is 6.38. The van der Waals surface area contributed by atoms with Gasteiger partial charge in [0.15, 0.2) is 0 Å². The van der Waals surface area contributed by atoms with Gasteiger partial charge in [0, 0.05) is 11.6 Å². The molecule has 0 bridgehead atoms. The first-order valence-electron chi connectivity index (χ1n) is 9.88. The third-order valence-electron chi connectivity index (χ3n) is 5.95. The van der Waals surface area contributed by atoms with Gasteiger partial charge in [-0.2, -0.15) is 0 Å². The lowest BCUT2D eigenvalue weighted by atomic mass is 9.78. The van der Waals surface area contributed by atoms with Gasteiger partial charge in [-0.15, -0.1) is 0 Å². The fourth-order valence-corrected chi connectivity index (χ4v) is 4.52. The SMILES string of the molecule is O=C(O)C(=O)/C=C(\O)c1cc(C2CCCCC2)ccc1C1CCCCC1. The Morgan fingerprint density at radius 2 is 1.42 bits per heavy atom. The van der Waals surface area contributed by atoms with Crippen molar-refractivity contribution >= 4 is 17.5 Å². The molecule has 1 aromatic carbocycles. The summed E-state index contributed by atoms with van der Waals surface area (Å²) in [6, 6.07) is 6.28. The second-order valence-corrected chi connectivity index (χ2v) is 7.72. The molecule has 4 heteroatoms. The van der Waals surface area contributed by atoms with Crippen LogP contribution in [0.25, 0.3) is 5.76 Å². The molecule has 0 radical (unpaired) electrons. The molecule has 0 heterocycles. The van der Waals surface area contributed by atoms with Gasteiger partial charge in [0.05, 0.1) is 0 Å². The van der Waals surface area contributed by atoms with E-state index in [1.54, 1.807) is 0 Å². The van der Waals surface area contributed by atoms with Gasteiger partial charge >= 0.3 is 5.97 Å². The lowest BCUT2D eigenvalue weighted by Gasteiger charge is -2.27. The standard InChI is InChI=1S/C22H28O4/c23-20(14-21(24)22(25)26)19-13-17(15-7-3-1-4-8-15)11-12-18(19)16-9-5-2-6-10-16/h11-16,23H,1-10H2,(H,25,26)/b20-14-. The van der Waals surface area contributed by atoms with Crippen LogP contribution in [0.4, 0.5) is 0 Å². The van der Waals surface area contributed by atoms with E-state index in [4.69, 9.17) is 5.11 Å². The predicted octanol–water partition coefficient (Wildman–Crippen LogP) is 5.33. The summed E-state index contributed by atoms with van der Waals surface area (Å²) in [7, 11) is 0. The normalized spacial score (nSPS) is 20.1. The van der Waals surface area contributed by atoms with Crippen LogP contribution in [0.2, 0.25) is 0 Å². The zero-order valence-electron chi connectivity index (χ0n) is 15.2. The van der Waals surface area contributed by atoms with Crippen molar-refractivity contribution in [1.82, 2.24) is 0 Å². The number of rotatable bonds is 5. The number of benzene rings is 1. The number of ketones is 1. The van der Waals surface area contributed by atoms with Crippen molar-refractivity contribution in [2.24, 2.45) is 0 Å². The highest BCUT2D eigenvalue weighted by Crippen LogP contribution is 2.39. The van der Waals surface area contributed by atoms with Crippen LogP contribution in [0.1, 0.15) is 92.7 Å². The number of carbonyl (C=O) groups excluding carboxylic acids is 1.